The number of rotatable bonds is 5. The second-order valence-electron chi connectivity index (χ2n) is 7.38. The maximum atomic E-state index is 9.00. The lowest BCUT2D eigenvalue weighted by Crippen LogP contribution is -2.02. The lowest BCUT2D eigenvalue weighted by Gasteiger charge is -2.15. The fourth-order valence-corrected chi connectivity index (χ4v) is 3.44. The van der Waals surface area contributed by atoms with Gasteiger partial charge in [-0.3, -0.25) is 0 Å². The van der Waals surface area contributed by atoms with Crippen LogP contribution in [0.4, 0.5) is 23.1 Å². The molecule has 4 rings (SSSR count). The van der Waals surface area contributed by atoms with Gasteiger partial charge in [-0.25, -0.2) is 4.98 Å². The Morgan fingerprint density at radius 2 is 1.31 bits per heavy atom. The number of hydrogen-bond donors (Lipinski definition) is 2. The van der Waals surface area contributed by atoms with Crippen LogP contribution in [0.15, 0.2) is 72.9 Å². The Morgan fingerprint density at radius 3 is 1.91 bits per heavy atom. The van der Waals surface area contributed by atoms with E-state index in [1.165, 1.54) is 0 Å². The van der Waals surface area contributed by atoms with Gasteiger partial charge < -0.3 is 10.6 Å². The van der Waals surface area contributed by atoms with E-state index in [0.29, 0.717) is 22.9 Å². The predicted octanol–water partition coefficient (Wildman–Crippen LogP) is 5.99. The van der Waals surface area contributed by atoms with Crippen LogP contribution in [0.5, 0.6) is 0 Å². The Morgan fingerprint density at radius 1 is 0.719 bits per heavy atom. The van der Waals surface area contributed by atoms with E-state index >= 15 is 0 Å². The van der Waals surface area contributed by atoms with Crippen LogP contribution in [0.25, 0.3) is 11.1 Å². The number of nitriles is 2. The van der Waals surface area contributed by atoms with Crippen molar-refractivity contribution in [3.63, 3.8) is 0 Å². The Balaban J connectivity index is 1.55. The Labute approximate surface area is 186 Å². The van der Waals surface area contributed by atoms with Gasteiger partial charge in [-0.05, 0) is 90.7 Å². The summed E-state index contributed by atoms with van der Waals surface area (Å²) >= 11 is 0. The molecule has 6 heteroatoms. The minimum Gasteiger partial charge on any atom is -0.340 e. The van der Waals surface area contributed by atoms with E-state index in [9.17, 15) is 0 Å². The van der Waals surface area contributed by atoms with Crippen LogP contribution in [-0.4, -0.2) is 9.97 Å². The highest BCUT2D eigenvalue weighted by molar-refractivity contribution is 5.74. The molecule has 1 heterocycles. The highest BCUT2D eigenvalue weighted by Gasteiger charge is 2.09. The van der Waals surface area contributed by atoms with Crippen molar-refractivity contribution in [1.29, 1.82) is 10.5 Å². The average Bonchev–Trinajstić information content (AvgIpc) is 2.82. The Kier molecular flexibility index (Phi) is 5.78. The highest BCUT2D eigenvalue weighted by atomic mass is 15.1. The first-order chi connectivity index (χ1) is 15.6. The van der Waals surface area contributed by atoms with Crippen molar-refractivity contribution >= 4 is 23.1 Å². The van der Waals surface area contributed by atoms with Gasteiger partial charge in [0.25, 0.3) is 0 Å². The van der Waals surface area contributed by atoms with E-state index in [1.807, 2.05) is 42.5 Å². The van der Waals surface area contributed by atoms with Gasteiger partial charge in [0.2, 0.25) is 5.95 Å². The van der Waals surface area contributed by atoms with E-state index in [4.69, 9.17) is 10.5 Å². The molecule has 0 spiro atoms. The molecule has 1 aromatic heterocycles. The van der Waals surface area contributed by atoms with Crippen LogP contribution >= 0.6 is 0 Å². The molecule has 0 bridgehead atoms. The van der Waals surface area contributed by atoms with E-state index in [0.717, 1.165) is 33.6 Å². The zero-order valence-electron chi connectivity index (χ0n) is 17.7. The number of anilines is 4. The van der Waals surface area contributed by atoms with E-state index in [-0.39, 0.29) is 0 Å². The van der Waals surface area contributed by atoms with Crippen LogP contribution in [0.2, 0.25) is 0 Å². The van der Waals surface area contributed by atoms with Crippen LogP contribution < -0.4 is 10.6 Å². The zero-order valence-corrected chi connectivity index (χ0v) is 17.7. The maximum Gasteiger partial charge on any atom is 0.229 e. The topological polar surface area (TPSA) is 97.4 Å². The quantitative estimate of drug-likeness (QED) is 0.415. The normalized spacial score (nSPS) is 10.1. The van der Waals surface area contributed by atoms with Crippen molar-refractivity contribution in [3.8, 4) is 23.3 Å². The first-order valence-electron chi connectivity index (χ1n) is 10.0. The second kappa shape index (κ2) is 8.99. The average molecular weight is 416 g/mol. The molecule has 0 fully saturated rings. The monoisotopic (exact) mass is 416 g/mol. The third kappa shape index (κ3) is 4.56. The number of aromatic nitrogens is 2. The van der Waals surface area contributed by atoms with Crippen molar-refractivity contribution in [3.05, 3.63) is 95.2 Å². The predicted molar refractivity (Wildman–Crippen MR) is 126 cm³/mol. The van der Waals surface area contributed by atoms with Crippen molar-refractivity contribution < 1.29 is 0 Å². The molecular formula is C26H20N6. The summed E-state index contributed by atoms with van der Waals surface area (Å²) in [6.07, 6.45) is 1.69. The highest BCUT2D eigenvalue weighted by Crippen LogP contribution is 2.30. The summed E-state index contributed by atoms with van der Waals surface area (Å²) in [6, 6.07) is 25.0. The summed E-state index contributed by atoms with van der Waals surface area (Å²) in [5.41, 5.74) is 7.38. The molecule has 0 saturated heterocycles. The molecule has 0 aliphatic heterocycles. The standard InChI is InChI=1S/C26H20N6/c1-17-13-22(21-7-3-19(15-27)4-8-21)14-18(2)25(17)31-24-11-12-29-26(32-24)30-23-9-5-20(16-28)6-10-23/h3-14H,1-2H3,(H2,29,30,31,32). The molecular weight excluding hydrogens is 396 g/mol. The SMILES string of the molecule is Cc1cc(-c2ccc(C#N)cc2)cc(C)c1Nc1ccnc(Nc2ccc(C#N)cc2)n1. The molecule has 0 aliphatic rings. The molecule has 0 aliphatic carbocycles. The third-order valence-corrected chi connectivity index (χ3v) is 5.06. The van der Waals surface area contributed by atoms with Crippen molar-refractivity contribution in [1.82, 2.24) is 9.97 Å². The summed E-state index contributed by atoms with van der Waals surface area (Å²) < 4.78 is 0. The number of nitrogens with one attached hydrogen (secondary N) is 2. The first-order valence-corrected chi connectivity index (χ1v) is 10.0. The third-order valence-electron chi connectivity index (χ3n) is 5.06. The van der Waals surface area contributed by atoms with E-state index in [2.05, 4.69) is 58.7 Å². The molecule has 0 saturated carbocycles. The molecule has 2 N–H and O–H groups in total. The van der Waals surface area contributed by atoms with Gasteiger partial charge in [-0.15, -0.1) is 0 Å². The summed E-state index contributed by atoms with van der Waals surface area (Å²) in [4.78, 5) is 8.84. The molecule has 0 radical (unpaired) electrons. The molecule has 3 aromatic carbocycles. The fourth-order valence-electron chi connectivity index (χ4n) is 3.44. The minimum absolute atomic E-state index is 0.462. The molecule has 0 atom stereocenters. The Bertz CT molecular complexity index is 1320. The van der Waals surface area contributed by atoms with Gasteiger partial charge in [-0.2, -0.15) is 15.5 Å². The minimum atomic E-state index is 0.462. The fraction of sp³-hybridized carbons (Fsp3) is 0.0769. The van der Waals surface area contributed by atoms with Gasteiger partial charge in [0, 0.05) is 17.6 Å². The lowest BCUT2D eigenvalue weighted by atomic mass is 9.98. The number of nitrogens with zero attached hydrogens (tertiary/aromatic N) is 4. The van der Waals surface area contributed by atoms with E-state index in [1.54, 1.807) is 18.3 Å². The zero-order chi connectivity index (χ0) is 22.5. The maximum absolute atomic E-state index is 9.00. The van der Waals surface area contributed by atoms with E-state index < -0.39 is 0 Å². The van der Waals surface area contributed by atoms with Crippen LogP contribution in [-0.2, 0) is 0 Å². The molecule has 32 heavy (non-hydrogen) atoms. The first kappa shape index (κ1) is 20.6. The second-order valence-corrected chi connectivity index (χ2v) is 7.38. The summed E-state index contributed by atoms with van der Waals surface area (Å²) in [5.74, 6) is 1.14. The van der Waals surface area contributed by atoms with Gasteiger partial charge >= 0.3 is 0 Å². The van der Waals surface area contributed by atoms with Gasteiger partial charge in [0.1, 0.15) is 5.82 Å². The summed E-state index contributed by atoms with van der Waals surface area (Å²) in [5, 5.41) is 24.5. The van der Waals surface area contributed by atoms with Crippen molar-refractivity contribution in [2.24, 2.45) is 0 Å². The van der Waals surface area contributed by atoms with Gasteiger partial charge in [-0.1, -0.05) is 12.1 Å². The number of aryl methyl sites for hydroxylation is 2. The molecule has 4 aromatic rings. The molecule has 154 valence electrons. The van der Waals surface area contributed by atoms with Crippen molar-refractivity contribution in [2.75, 3.05) is 10.6 Å². The van der Waals surface area contributed by atoms with Crippen LogP contribution in [0.3, 0.4) is 0 Å². The number of benzene rings is 3. The molecule has 0 amide bonds. The van der Waals surface area contributed by atoms with Gasteiger partial charge in [0.05, 0.1) is 23.3 Å². The summed E-state index contributed by atoms with van der Waals surface area (Å²) in [7, 11) is 0. The van der Waals surface area contributed by atoms with Crippen molar-refractivity contribution in [2.45, 2.75) is 13.8 Å². The molecule has 0 unspecified atom stereocenters. The number of hydrogen-bond acceptors (Lipinski definition) is 6. The lowest BCUT2D eigenvalue weighted by molar-refractivity contribution is 1.16. The molecule has 6 nitrogen and oxygen atoms in total. The largest absolute Gasteiger partial charge is 0.340 e. The van der Waals surface area contributed by atoms with Crippen LogP contribution in [0.1, 0.15) is 22.3 Å². The summed E-state index contributed by atoms with van der Waals surface area (Å²) in [6.45, 7) is 4.11. The smallest absolute Gasteiger partial charge is 0.229 e. The van der Waals surface area contributed by atoms with Crippen LogP contribution in [0, 0.1) is 36.5 Å². The Hall–Kier alpha value is -4.68. The van der Waals surface area contributed by atoms with Gasteiger partial charge in [0.15, 0.2) is 0 Å².